The molecule has 7 heteroatoms. The molecule has 1 aromatic heterocycles. The first kappa shape index (κ1) is 11.3. The summed E-state index contributed by atoms with van der Waals surface area (Å²) in [7, 11) is 1.72. The van der Waals surface area contributed by atoms with Crippen LogP contribution in [0.1, 0.15) is 11.7 Å². The highest BCUT2D eigenvalue weighted by atomic mass is 16.3. The molecule has 0 spiro atoms. The average molecular weight is 234 g/mol. The Morgan fingerprint density at radius 3 is 2.71 bits per heavy atom. The molecular weight excluding hydrogens is 220 g/mol. The van der Waals surface area contributed by atoms with Gasteiger partial charge in [0, 0.05) is 19.3 Å². The second-order valence-electron chi connectivity index (χ2n) is 3.69. The number of hydrogen-bond acceptors (Lipinski definition) is 6. The minimum Gasteiger partial charge on any atom is -0.399 e. The van der Waals surface area contributed by atoms with Crippen LogP contribution in [0.4, 0.5) is 11.6 Å². The Morgan fingerprint density at radius 2 is 2.12 bits per heavy atom. The molecule has 0 amide bonds. The van der Waals surface area contributed by atoms with E-state index in [0.717, 1.165) is 5.56 Å². The number of benzene rings is 1. The minimum absolute atomic E-state index is 0.331. The number of aliphatic hydroxyl groups excluding tert-OH is 1. The third-order valence-corrected chi connectivity index (χ3v) is 2.39. The summed E-state index contributed by atoms with van der Waals surface area (Å²) >= 11 is 0. The van der Waals surface area contributed by atoms with Crippen LogP contribution >= 0.6 is 0 Å². The van der Waals surface area contributed by atoms with Crippen LogP contribution in [0.15, 0.2) is 24.3 Å². The lowest BCUT2D eigenvalue weighted by Gasteiger charge is -2.12. The predicted octanol–water partition coefficient (Wildman–Crippen LogP) is -0.0622. The van der Waals surface area contributed by atoms with Gasteiger partial charge in [0.1, 0.15) is 0 Å². The monoisotopic (exact) mass is 234 g/mol. The third kappa shape index (κ3) is 2.70. The Morgan fingerprint density at radius 1 is 1.41 bits per heavy atom. The highest BCUT2D eigenvalue weighted by Gasteiger charge is 2.08. The molecule has 90 valence electrons. The molecule has 0 aliphatic carbocycles. The largest absolute Gasteiger partial charge is 0.399 e. The first-order valence-corrected chi connectivity index (χ1v) is 5.16. The van der Waals surface area contributed by atoms with E-state index in [1.54, 1.807) is 31.3 Å². The number of nitrogens with two attached hydrogens (primary N) is 1. The van der Waals surface area contributed by atoms with Crippen molar-refractivity contribution in [3.63, 3.8) is 0 Å². The Hall–Kier alpha value is -2.15. The smallest absolute Gasteiger partial charge is 0.242 e. The Kier molecular flexibility index (Phi) is 3.20. The van der Waals surface area contributed by atoms with E-state index >= 15 is 0 Å². The Bertz CT molecular complexity index is 480. The van der Waals surface area contributed by atoms with Gasteiger partial charge in [-0.2, -0.15) is 0 Å². The van der Waals surface area contributed by atoms with E-state index in [0.29, 0.717) is 18.2 Å². The molecule has 0 saturated carbocycles. The summed E-state index contributed by atoms with van der Waals surface area (Å²) in [5.74, 6) is 0.513. The van der Waals surface area contributed by atoms with E-state index in [9.17, 15) is 5.11 Å². The molecule has 0 fully saturated rings. The zero-order chi connectivity index (χ0) is 12.3. The fraction of sp³-hybridized carbons (Fsp3) is 0.300. The van der Waals surface area contributed by atoms with Crippen molar-refractivity contribution < 1.29 is 5.11 Å². The van der Waals surface area contributed by atoms with Gasteiger partial charge in [-0.15, -0.1) is 0 Å². The van der Waals surface area contributed by atoms with Gasteiger partial charge in [0.2, 0.25) is 5.95 Å². The number of rotatable bonds is 4. The standard InChI is InChI=1S/C10H14N6O/c1-16-10(13-14-15-16)12-6-9(17)7-2-4-8(11)5-3-7/h2-5,9,17H,6,11H2,1H3,(H,12,13,15). The van der Waals surface area contributed by atoms with Crippen LogP contribution in [-0.4, -0.2) is 31.9 Å². The summed E-state index contributed by atoms with van der Waals surface area (Å²) in [6.07, 6.45) is -0.632. The van der Waals surface area contributed by atoms with Crippen LogP contribution in [0.5, 0.6) is 0 Å². The summed E-state index contributed by atoms with van der Waals surface area (Å²) in [5, 5.41) is 23.8. The summed E-state index contributed by atoms with van der Waals surface area (Å²) < 4.78 is 1.50. The van der Waals surface area contributed by atoms with E-state index in [1.807, 2.05) is 0 Å². The SMILES string of the molecule is Cn1nnnc1NCC(O)c1ccc(N)cc1. The number of tetrazole rings is 1. The lowest BCUT2D eigenvalue weighted by Crippen LogP contribution is -2.14. The van der Waals surface area contributed by atoms with Gasteiger partial charge in [0.25, 0.3) is 0 Å². The van der Waals surface area contributed by atoms with Crippen LogP contribution in [0.2, 0.25) is 0 Å². The average Bonchev–Trinajstić information content (AvgIpc) is 2.73. The lowest BCUT2D eigenvalue weighted by molar-refractivity contribution is 0.191. The molecule has 2 aromatic rings. The normalized spacial score (nSPS) is 12.4. The van der Waals surface area contributed by atoms with Gasteiger partial charge in [-0.05, 0) is 28.1 Å². The molecule has 4 N–H and O–H groups in total. The van der Waals surface area contributed by atoms with E-state index in [1.165, 1.54) is 4.68 Å². The topological polar surface area (TPSA) is 102 Å². The first-order chi connectivity index (χ1) is 8.16. The van der Waals surface area contributed by atoms with Crippen LogP contribution in [0, 0.1) is 0 Å². The third-order valence-electron chi connectivity index (χ3n) is 2.39. The van der Waals surface area contributed by atoms with Gasteiger partial charge in [-0.1, -0.05) is 17.2 Å². The van der Waals surface area contributed by atoms with Crippen molar-refractivity contribution in [1.82, 2.24) is 20.2 Å². The summed E-state index contributed by atoms with van der Waals surface area (Å²) in [4.78, 5) is 0. The van der Waals surface area contributed by atoms with Crippen molar-refractivity contribution in [3.8, 4) is 0 Å². The summed E-state index contributed by atoms with van der Waals surface area (Å²) in [6.45, 7) is 0.331. The van der Waals surface area contributed by atoms with Gasteiger partial charge < -0.3 is 16.2 Å². The van der Waals surface area contributed by atoms with Crippen molar-refractivity contribution in [2.45, 2.75) is 6.10 Å². The molecule has 0 saturated heterocycles. The summed E-state index contributed by atoms with van der Waals surface area (Å²) in [6, 6.07) is 7.08. The van der Waals surface area contributed by atoms with E-state index in [2.05, 4.69) is 20.8 Å². The fourth-order valence-corrected chi connectivity index (χ4v) is 1.40. The highest BCUT2D eigenvalue weighted by molar-refractivity contribution is 5.40. The highest BCUT2D eigenvalue weighted by Crippen LogP contribution is 2.14. The van der Waals surface area contributed by atoms with Crippen molar-refractivity contribution in [3.05, 3.63) is 29.8 Å². The quantitative estimate of drug-likeness (QED) is 0.640. The zero-order valence-electron chi connectivity index (χ0n) is 9.41. The molecule has 0 aliphatic heterocycles. The van der Waals surface area contributed by atoms with E-state index in [4.69, 9.17) is 5.73 Å². The maximum atomic E-state index is 9.92. The Labute approximate surface area is 98.3 Å². The number of nitrogens with zero attached hydrogens (tertiary/aromatic N) is 4. The lowest BCUT2D eigenvalue weighted by atomic mass is 10.1. The van der Waals surface area contributed by atoms with Crippen molar-refractivity contribution in [1.29, 1.82) is 0 Å². The van der Waals surface area contributed by atoms with Crippen molar-refractivity contribution in [2.24, 2.45) is 7.05 Å². The van der Waals surface area contributed by atoms with Crippen molar-refractivity contribution >= 4 is 11.6 Å². The zero-order valence-corrected chi connectivity index (χ0v) is 9.41. The molecular formula is C10H14N6O. The number of nitrogens with one attached hydrogen (secondary N) is 1. The van der Waals surface area contributed by atoms with Crippen LogP contribution in [-0.2, 0) is 7.05 Å². The van der Waals surface area contributed by atoms with Gasteiger partial charge in [-0.25, -0.2) is 4.68 Å². The minimum atomic E-state index is -0.632. The number of nitrogen functional groups attached to an aromatic ring is 1. The van der Waals surface area contributed by atoms with Crippen LogP contribution in [0.3, 0.4) is 0 Å². The van der Waals surface area contributed by atoms with Crippen LogP contribution < -0.4 is 11.1 Å². The fourth-order valence-electron chi connectivity index (χ4n) is 1.40. The number of hydrogen-bond donors (Lipinski definition) is 3. The Balaban J connectivity index is 1.95. The van der Waals surface area contributed by atoms with Gasteiger partial charge in [0.05, 0.1) is 6.10 Å². The molecule has 1 atom stereocenters. The van der Waals surface area contributed by atoms with Crippen molar-refractivity contribution in [2.75, 3.05) is 17.6 Å². The summed E-state index contributed by atoms with van der Waals surface area (Å²) in [5.41, 5.74) is 7.04. The molecule has 1 heterocycles. The second-order valence-corrected chi connectivity index (χ2v) is 3.69. The number of aryl methyl sites for hydroxylation is 1. The molecule has 0 aliphatic rings. The van der Waals surface area contributed by atoms with E-state index < -0.39 is 6.10 Å². The molecule has 0 radical (unpaired) electrons. The maximum Gasteiger partial charge on any atom is 0.242 e. The number of anilines is 2. The second kappa shape index (κ2) is 4.79. The predicted molar refractivity (Wildman–Crippen MR) is 63.1 cm³/mol. The molecule has 17 heavy (non-hydrogen) atoms. The molecule has 1 unspecified atom stereocenters. The van der Waals surface area contributed by atoms with E-state index in [-0.39, 0.29) is 0 Å². The molecule has 2 rings (SSSR count). The number of aliphatic hydroxyl groups is 1. The molecule has 7 nitrogen and oxygen atoms in total. The number of aromatic nitrogens is 4. The van der Waals surface area contributed by atoms with Gasteiger partial charge in [-0.3, -0.25) is 0 Å². The first-order valence-electron chi connectivity index (χ1n) is 5.16. The van der Waals surface area contributed by atoms with Gasteiger partial charge >= 0.3 is 0 Å². The maximum absolute atomic E-state index is 9.92. The van der Waals surface area contributed by atoms with Crippen LogP contribution in [0.25, 0.3) is 0 Å². The van der Waals surface area contributed by atoms with Gasteiger partial charge in [0.15, 0.2) is 0 Å². The molecule has 0 bridgehead atoms. The molecule has 1 aromatic carbocycles.